The van der Waals surface area contributed by atoms with Crippen LogP contribution in [-0.4, -0.2) is 38.7 Å². The fourth-order valence-electron chi connectivity index (χ4n) is 4.46. The molecule has 37 heavy (non-hydrogen) atoms. The third-order valence-electron chi connectivity index (χ3n) is 6.29. The van der Waals surface area contributed by atoms with Crippen LogP contribution in [0.5, 0.6) is 0 Å². The van der Waals surface area contributed by atoms with Gasteiger partial charge in [0.05, 0.1) is 11.6 Å². The number of fused-ring (bicyclic) bond motifs is 1. The number of aliphatic hydroxyl groups excluding tert-OH is 1. The topological polar surface area (TPSA) is 124 Å². The average molecular weight is 510 g/mol. The molecule has 0 radical (unpaired) electrons. The first-order valence-electron chi connectivity index (χ1n) is 12.4. The van der Waals surface area contributed by atoms with Gasteiger partial charge in [0.25, 0.3) is 0 Å². The maximum atomic E-state index is 13.3. The molecule has 1 unspecified atom stereocenters. The Morgan fingerprint density at radius 2 is 1.76 bits per heavy atom. The summed E-state index contributed by atoms with van der Waals surface area (Å²) < 4.78 is 6.87. The van der Waals surface area contributed by atoms with Gasteiger partial charge in [-0.2, -0.15) is 0 Å². The lowest BCUT2D eigenvalue weighted by Crippen LogP contribution is -2.38. The fraction of sp³-hybridized carbons (Fsp3) is 0.429. The van der Waals surface area contributed by atoms with Crippen molar-refractivity contribution in [3.8, 4) is 0 Å². The van der Waals surface area contributed by atoms with Gasteiger partial charge in [0, 0.05) is 40.5 Å². The molecule has 3 atom stereocenters. The third kappa shape index (κ3) is 7.39. The molecule has 0 spiro atoms. The largest absolute Gasteiger partial charge is 0.443 e. The number of carbonyl (C=O) groups is 2. The van der Waals surface area contributed by atoms with Crippen molar-refractivity contribution in [1.29, 1.82) is 0 Å². The molecule has 0 saturated carbocycles. The van der Waals surface area contributed by atoms with Crippen LogP contribution in [0.2, 0.25) is 0 Å². The molecule has 0 fully saturated rings. The number of aliphatic hydroxyl groups is 1. The van der Waals surface area contributed by atoms with Crippen molar-refractivity contribution >= 4 is 22.9 Å². The molecule has 0 aliphatic rings. The molecule has 198 valence electrons. The van der Waals surface area contributed by atoms with Crippen molar-refractivity contribution < 1.29 is 24.4 Å². The van der Waals surface area contributed by atoms with Gasteiger partial charge in [0.1, 0.15) is 5.60 Å². The minimum atomic E-state index is -1.14. The standard InChI is InChI=1S/C28H35N3O6/c1-5-20(17-31(35)36)22(26(33)29-16-19-11-7-6-8-12-19)15-25(32)23-18-30(27(34)37-28(2,3)4)24-14-10-9-13-21(23)24/h6-14,18,20,22,25,32H,5,15-17H2,1-4H3,(H,29,33)/t20-,22+,25?/m0/s1. The minimum Gasteiger partial charge on any atom is -0.443 e. The van der Waals surface area contributed by atoms with Crippen molar-refractivity contribution in [2.24, 2.45) is 11.8 Å². The zero-order valence-electron chi connectivity index (χ0n) is 21.7. The number of ether oxygens (including phenoxy) is 1. The molecule has 3 rings (SSSR count). The van der Waals surface area contributed by atoms with Gasteiger partial charge in [-0.1, -0.05) is 55.5 Å². The van der Waals surface area contributed by atoms with Crippen LogP contribution >= 0.6 is 0 Å². The predicted octanol–water partition coefficient (Wildman–Crippen LogP) is 5.08. The number of carbonyl (C=O) groups excluding carboxylic acids is 2. The molecule has 0 bridgehead atoms. The van der Waals surface area contributed by atoms with Crippen LogP contribution in [0.15, 0.2) is 60.8 Å². The van der Waals surface area contributed by atoms with Gasteiger partial charge in [-0.25, -0.2) is 4.79 Å². The van der Waals surface area contributed by atoms with E-state index in [1.807, 2.05) is 30.3 Å². The van der Waals surface area contributed by atoms with Crippen LogP contribution < -0.4 is 5.32 Å². The lowest BCUT2D eigenvalue weighted by molar-refractivity contribution is -0.489. The van der Waals surface area contributed by atoms with Crippen LogP contribution in [0.25, 0.3) is 10.9 Å². The van der Waals surface area contributed by atoms with Crippen molar-refractivity contribution in [2.75, 3.05) is 6.54 Å². The first kappa shape index (κ1) is 27.9. The highest BCUT2D eigenvalue weighted by atomic mass is 16.6. The summed E-state index contributed by atoms with van der Waals surface area (Å²) in [7, 11) is 0. The van der Waals surface area contributed by atoms with Crippen molar-refractivity contribution in [3.63, 3.8) is 0 Å². The molecule has 1 amide bonds. The SMILES string of the molecule is CC[C@@H](C[N+](=O)[O-])[C@@H](CC(O)c1cn(C(=O)OC(C)(C)C)c2ccccc12)C(=O)NCc1ccccc1. The molecule has 2 aromatic carbocycles. The van der Waals surface area contributed by atoms with E-state index in [1.54, 1.807) is 52.0 Å². The highest BCUT2D eigenvalue weighted by molar-refractivity contribution is 5.92. The first-order valence-corrected chi connectivity index (χ1v) is 12.4. The highest BCUT2D eigenvalue weighted by Crippen LogP contribution is 2.34. The second kappa shape index (κ2) is 12.0. The maximum absolute atomic E-state index is 13.3. The third-order valence-corrected chi connectivity index (χ3v) is 6.29. The van der Waals surface area contributed by atoms with E-state index in [-0.39, 0.29) is 25.4 Å². The molecular formula is C28H35N3O6. The Morgan fingerprint density at radius 3 is 2.38 bits per heavy atom. The minimum absolute atomic E-state index is 0.0324. The lowest BCUT2D eigenvalue weighted by atomic mass is 9.83. The number of nitro groups is 1. The molecular weight excluding hydrogens is 474 g/mol. The van der Waals surface area contributed by atoms with Gasteiger partial charge in [-0.15, -0.1) is 0 Å². The van der Waals surface area contributed by atoms with E-state index >= 15 is 0 Å². The summed E-state index contributed by atoms with van der Waals surface area (Å²) in [4.78, 5) is 37.1. The summed E-state index contributed by atoms with van der Waals surface area (Å²) in [5.74, 6) is -1.73. The van der Waals surface area contributed by atoms with Gasteiger partial charge in [-0.3, -0.25) is 19.5 Å². The van der Waals surface area contributed by atoms with Gasteiger partial charge in [0.2, 0.25) is 12.5 Å². The summed E-state index contributed by atoms with van der Waals surface area (Å²) in [5.41, 5.74) is 1.21. The van der Waals surface area contributed by atoms with E-state index in [0.717, 1.165) is 5.56 Å². The smallest absolute Gasteiger partial charge is 0.419 e. The van der Waals surface area contributed by atoms with Crippen LogP contribution in [0.4, 0.5) is 4.79 Å². The monoisotopic (exact) mass is 509 g/mol. The second-order valence-electron chi connectivity index (χ2n) is 10.2. The molecule has 9 nitrogen and oxygen atoms in total. The normalized spacial score (nSPS) is 14.1. The number of aromatic nitrogens is 1. The van der Waals surface area contributed by atoms with Crippen molar-refractivity contribution in [2.45, 2.75) is 58.8 Å². The molecule has 0 aliphatic heterocycles. The fourth-order valence-corrected chi connectivity index (χ4v) is 4.46. The number of para-hydroxylation sites is 1. The van der Waals surface area contributed by atoms with Gasteiger partial charge in [-0.05, 0) is 45.2 Å². The number of nitrogens with zero attached hydrogens (tertiary/aromatic N) is 2. The summed E-state index contributed by atoms with van der Waals surface area (Å²) >= 11 is 0. The summed E-state index contributed by atoms with van der Waals surface area (Å²) in [6.45, 7) is 7.00. The number of amides is 1. The van der Waals surface area contributed by atoms with E-state index in [9.17, 15) is 24.8 Å². The molecule has 3 aromatic rings. The van der Waals surface area contributed by atoms with Crippen LogP contribution in [0.1, 0.15) is 57.8 Å². The molecule has 1 aromatic heterocycles. The molecule has 0 aliphatic carbocycles. The van der Waals surface area contributed by atoms with Crippen LogP contribution in [0, 0.1) is 22.0 Å². The predicted molar refractivity (Wildman–Crippen MR) is 141 cm³/mol. The number of hydrogen-bond acceptors (Lipinski definition) is 6. The first-order chi connectivity index (χ1) is 17.5. The Bertz CT molecular complexity index is 1230. The molecule has 9 heteroatoms. The van der Waals surface area contributed by atoms with E-state index in [1.165, 1.54) is 10.8 Å². The Kier molecular flexibility index (Phi) is 9.04. The van der Waals surface area contributed by atoms with E-state index < -0.39 is 34.6 Å². The maximum Gasteiger partial charge on any atom is 0.419 e. The second-order valence-corrected chi connectivity index (χ2v) is 10.2. The van der Waals surface area contributed by atoms with Crippen LogP contribution in [0.3, 0.4) is 0 Å². The van der Waals surface area contributed by atoms with Gasteiger partial charge in [0.15, 0.2) is 0 Å². The quantitative estimate of drug-likeness (QED) is 0.290. The Balaban J connectivity index is 1.90. The Labute approximate surface area is 216 Å². The summed E-state index contributed by atoms with van der Waals surface area (Å²) in [6, 6.07) is 16.5. The zero-order valence-corrected chi connectivity index (χ0v) is 21.7. The summed E-state index contributed by atoms with van der Waals surface area (Å²) in [6.07, 6.45) is 0.170. The zero-order chi connectivity index (χ0) is 27.2. The lowest BCUT2D eigenvalue weighted by Gasteiger charge is -2.25. The number of rotatable bonds is 10. The van der Waals surface area contributed by atoms with Crippen molar-refractivity contribution in [3.05, 3.63) is 82.0 Å². The molecule has 2 N–H and O–H groups in total. The average Bonchev–Trinajstić information content (AvgIpc) is 3.24. The van der Waals surface area contributed by atoms with Crippen molar-refractivity contribution in [1.82, 2.24) is 9.88 Å². The number of hydrogen-bond donors (Lipinski definition) is 2. The Hall–Kier alpha value is -3.72. The number of nitrogens with one attached hydrogen (secondary N) is 1. The highest BCUT2D eigenvalue weighted by Gasteiger charge is 2.34. The molecule has 1 heterocycles. The van der Waals surface area contributed by atoms with Gasteiger partial charge < -0.3 is 15.2 Å². The van der Waals surface area contributed by atoms with E-state index in [0.29, 0.717) is 22.9 Å². The van der Waals surface area contributed by atoms with E-state index in [4.69, 9.17) is 4.74 Å². The number of benzene rings is 2. The summed E-state index contributed by atoms with van der Waals surface area (Å²) in [5, 5.41) is 26.2. The Morgan fingerprint density at radius 1 is 1.11 bits per heavy atom. The van der Waals surface area contributed by atoms with Crippen LogP contribution in [-0.2, 0) is 16.1 Å². The molecule has 0 saturated heterocycles. The van der Waals surface area contributed by atoms with E-state index in [2.05, 4.69) is 5.32 Å². The van der Waals surface area contributed by atoms with Gasteiger partial charge >= 0.3 is 6.09 Å².